The molecule has 0 amide bonds. The molecule has 1 heterocycles. The van der Waals surface area contributed by atoms with Gasteiger partial charge < -0.3 is 14.8 Å². The molecule has 2 aliphatic rings. The molecule has 0 unspecified atom stereocenters. The van der Waals surface area contributed by atoms with Crippen LogP contribution in [-0.2, 0) is 14.3 Å². The molecule has 0 saturated carbocycles. The van der Waals surface area contributed by atoms with Crippen molar-refractivity contribution in [3.63, 3.8) is 0 Å². The molecule has 0 spiro atoms. The van der Waals surface area contributed by atoms with E-state index < -0.39 is 17.7 Å². The molecule has 31 heavy (non-hydrogen) atoms. The lowest BCUT2D eigenvalue weighted by molar-refractivity contribution is -0.136. The van der Waals surface area contributed by atoms with E-state index in [4.69, 9.17) is 9.47 Å². The van der Waals surface area contributed by atoms with Crippen molar-refractivity contribution in [2.45, 2.75) is 31.6 Å². The van der Waals surface area contributed by atoms with Crippen molar-refractivity contribution in [2.24, 2.45) is 0 Å². The van der Waals surface area contributed by atoms with Gasteiger partial charge in [-0.1, -0.05) is 30.3 Å². The number of carbonyl (C=O) groups is 2. The van der Waals surface area contributed by atoms with Gasteiger partial charge in [-0.25, -0.2) is 9.18 Å². The average molecular weight is 421 g/mol. The number of nitrogens with one attached hydrogen (secondary N) is 1. The number of Topliss-reactive ketones (excluding diaryl/α,β-unsaturated/α-hetero) is 1. The summed E-state index contributed by atoms with van der Waals surface area (Å²) in [5.41, 5.74) is 3.35. The van der Waals surface area contributed by atoms with Gasteiger partial charge >= 0.3 is 5.97 Å². The van der Waals surface area contributed by atoms with Crippen LogP contribution in [0, 0.1) is 5.82 Å². The lowest BCUT2D eigenvalue weighted by atomic mass is 9.71. The van der Waals surface area contributed by atoms with E-state index in [1.165, 1.54) is 13.2 Å². The Balaban J connectivity index is 1.79. The van der Waals surface area contributed by atoms with E-state index >= 15 is 0 Å². The van der Waals surface area contributed by atoms with Crippen molar-refractivity contribution in [1.29, 1.82) is 0 Å². The Morgan fingerprint density at radius 2 is 1.77 bits per heavy atom. The fourth-order valence-electron chi connectivity index (χ4n) is 4.55. The Hall–Kier alpha value is -3.41. The number of hydrogen-bond acceptors (Lipinski definition) is 5. The molecular formula is C25H24FNO4. The summed E-state index contributed by atoms with van der Waals surface area (Å²) in [6, 6.07) is 13.9. The third kappa shape index (κ3) is 3.74. The van der Waals surface area contributed by atoms with Crippen LogP contribution < -0.4 is 10.1 Å². The van der Waals surface area contributed by atoms with Crippen molar-refractivity contribution in [3.8, 4) is 5.75 Å². The molecule has 1 N–H and O–H groups in total. The first kappa shape index (κ1) is 20.8. The number of allylic oxidation sites excluding steroid dienone is 3. The number of ketones is 1. The Labute approximate surface area is 180 Å². The Morgan fingerprint density at radius 1 is 1.06 bits per heavy atom. The Bertz CT molecular complexity index is 1100. The van der Waals surface area contributed by atoms with Gasteiger partial charge in [0.05, 0.1) is 25.7 Å². The van der Waals surface area contributed by atoms with E-state index in [2.05, 4.69) is 5.32 Å². The highest BCUT2D eigenvalue weighted by Gasteiger charge is 2.42. The summed E-state index contributed by atoms with van der Waals surface area (Å²) in [6.07, 6.45) is 0.870. The predicted molar refractivity (Wildman–Crippen MR) is 114 cm³/mol. The molecule has 6 heteroatoms. The second-order valence-corrected chi connectivity index (χ2v) is 7.80. The largest absolute Gasteiger partial charge is 0.497 e. The van der Waals surface area contributed by atoms with Crippen LogP contribution in [0.1, 0.15) is 42.7 Å². The van der Waals surface area contributed by atoms with Gasteiger partial charge in [-0.15, -0.1) is 0 Å². The standard InChI is InChI=1S/C25H24FNO4/c1-14-22(25(29)31-3)23(18-6-4-5-7-19(18)26)24-20(27-14)12-16(13-21(24)28)15-8-10-17(30-2)11-9-15/h4-11,16,23,27H,12-13H2,1-3H3/t16-,23-/m0/s1. The molecule has 160 valence electrons. The first-order valence-corrected chi connectivity index (χ1v) is 10.1. The van der Waals surface area contributed by atoms with Crippen molar-refractivity contribution in [1.82, 2.24) is 5.32 Å². The molecule has 0 radical (unpaired) electrons. The number of dihydropyridines is 1. The lowest BCUT2D eigenvalue weighted by Gasteiger charge is -2.36. The molecule has 2 atom stereocenters. The highest BCUT2D eigenvalue weighted by Crippen LogP contribution is 2.46. The molecule has 2 aromatic carbocycles. The normalized spacial score (nSPS) is 20.8. The number of hydrogen-bond donors (Lipinski definition) is 1. The zero-order chi connectivity index (χ0) is 22.1. The van der Waals surface area contributed by atoms with Crippen LogP contribution in [0.15, 0.2) is 71.1 Å². The van der Waals surface area contributed by atoms with Gasteiger partial charge in [0, 0.05) is 29.0 Å². The fraction of sp³-hybridized carbons (Fsp3) is 0.280. The number of halogens is 1. The topological polar surface area (TPSA) is 64.6 Å². The molecule has 5 nitrogen and oxygen atoms in total. The maximum atomic E-state index is 14.8. The molecule has 4 rings (SSSR count). The summed E-state index contributed by atoms with van der Waals surface area (Å²) in [5, 5.41) is 3.25. The monoisotopic (exact) mass is 421 g/mol. The first-order valence-electron chi connectivity index (χ1n) is 10.1. The van der Waals surface area contributed by atoms with Crippen LogP contribution in [0.25, 0.3) is 0 Å². The molecule has 1 aliphatic carbocycles. The second-order valence-electron chi connectivity index (χ2n) is 7.80. The fourth-order valence-corrected chi connectivity index (χ4v) is 4.55. The molecule has 0 fully saturated rings. The maximum Gasteiger partial charge on any atom is 0.336 e. The zero-order valence-corrected chi connectivity index (χ0v) is 17.7. The number of benzene rings is 2. The predicted octanol–water partition coefficient (Wildman–Crippen LogP) is 4.37. The van der Waals surface area contributed by atoms with Gasteiger partial charge in [0.2, 0.25) is 0 Å². The minimum atomic E-state index is -0.797. The minimum absolute atomic E-state index is 0.0154. The highest BCUT2D eigenvalue weighted by molar-refractivity contribution is 6.04. The summed E-state index contributed by atoms with van der Waals surface area (Å²) < 4.78 is 25.0. The third-order valence-electron chi connectivity index (χ3n) is 6.04. The van der Waals surface area contributed by atoms with Crippen molar-refractivity contribution >= 4 is 11.8 Å². The Kier molecular flexibility index (Phi) is 5.63. The summed E-state index contributed by atoms with van der Waals surface area (Å²) in [6.45, 7) is 1.76. The average Bonchev–Trinajstić information content (AvgIpc) is 2.78. The van der Waals surface area contributed by atoms with Gasteiger partial charge in [0.1, 0.15) is 11.6 Å². The summed E-state index contributed by atoms with van der Waals surface area (Å²) in [5.74, 6) is -1.19. The van der Waals surface area contributed by atoms with Crippen LogP contribution >= 0.6 is 0 Å². The van der Waals surface area contributed by atoms with Crippen molar-refractivity contribution in [3.05, 3.63) is 88.0 Å². The smallest absolute Gasteiger partial charge is 0.336 e. The van der Waals surface area contributed by atoms with Gasteiger partial charge in [0.25, 0.3) is 0 Å². The van der Waals surface area contributed by atoms with E-state index in [1.807, 2.05) is 24.3 Å². The highest BCUT2D eigenvalue weighted by atomic mass is 19.1. The maximum absolute atomic E-state index is 14.8. The van der Waals surface area contributed by atoms with E-state index in [1.54, 1.807) is 32.2 Å². The Morgan fingerprint density at radius 3 is 2.42 bits per heavy atom. The summed E-state index contributed by atoms with van der Waals surface area (Å²) in [4.78, 5) is 26.0. The number of carbonyl (C=O) groups excluding carboxylic acids is 2. The van der Waals surface area contributed by atoms with E-state index in [-0.39, 0.29) is 23.7 Å². The SMILES string of the molecule is COC(=O)C1=C(C)NC2=C(C(=O)C[C@@H](c3ccc(OC)cc3)C2)[C@H]1c1ccccc1F. The van der Waals surface area contributed by atoms with Crippen molar-refractivity contribution in [2.75, 3.05) is 14.2 Å². The first-order chi connectivity index (χ1) is 14.9. The van der Waals surface area contributed by atoms with Crippen LogP contribution in [0.3, 0.4) is 0 Å². The quantitative estimate of drug-likeness (QED) is 0.743. The van der Waals surface area contributed by atoms with E-state index in [0.717, 1.165) is 17.0 Å². The molecular weight excluding hydrogens is 397 g/mol. The van der Waals surface area contributed by atoms with Crippen LogP contribution in [-0.4, -0.2) is 26.0 Å². The van der Waals surface area contributed by atoms with Gasteiger partial charge in [-0.05, 0) is 43.0 Å². The second kappa shape index (κ2) is 8.38. The van der Waals surface area contributed by atoms with Crippen LogP contribution in [0.2, 0.25) is 0 Å². The van der Waals surface area contributed by atoms with Gasteiger partial charge in [0.15, 0.2) is 5.78 Å². The zero-order valence-electron chi connectivity index (χ0n) is 17.7. The number of methoxy groups -OCH3 is 2. The molecule has 0 bridgehead atoms. The van der Waals surface area contributed by atoms with Crippen LogP contribution in [0.5, 0.6) is 5.75 Å². The number of ether oxygens (including phenoxy) is 2. The lowest BCUT2D eigenvalue weighted by Crippen LogP contribution is -2.36. The van der Waals surface area contributed by atoms with E-state index in [0.29, 0.717) is 23.3 Å². The third-order valence-corrected chi connectivity index (χ3v) is 6.04. The molecule has 2 aromatic rings. The summed E-state index contributed by atoms with van der Waals surface area (Å²) >= 11 is 0. The summed E-state index contributed by atoms with van der Waals surface area (Å²) in [7, 11) is 2.90. The molecule has 0 aromatic heterocycles. The molecule has 0 saturated heterocycles. The molecule has 1 aliphatic heterocycles. The minimum Gasteiger partial charge on any atom is -0.497 e. The van der Waals surface area contributed by atoms with E-state index in [9.17, 15) is 14.0 Å². The van der Waals surface area contributed by atoms with Gasteiger partial charge in [-0.3, -0.25) is 4.79 Å². The number of esters is 1. The van der Waals surface area contributed by atoms with Crippen molar-refractivity contribution < 1.29 is 23.5 Å². The van der Waals surface area contributed by atoms with Gasteiger partial charge in [-0.2, -0.15) is 0 Å². The number of rotatable bonds is 4. The van der Waals surface area contributed by atoms with Crippen LogP contribution in [0.4, 0.5) is 4.39 Å².